The fraction of sp³-hybridized carbons (Fsp3) is 0.111. The number of halogens is 4. The molecule has 0 aliphatic rings. The number of hydrogen-bond acceptors (Lipinski definition) is 4. The predicted molar refractivity (Wildman–Crippen MR) is 152 cm³/mol. The first-order chi connectivity index (χ1) is 17.8. The summed E-state index contributed by atoms with van der Waals surface area (Å²) in [5.74, 6) is 1.04. The number of anilines is 1. The van der Waals surface area contributed by atoms with E-state index in [0.717, 1.165) is 21.2 Å². The monoisotopic (exact) mass is 619 g/mol. The van der Waals surface area contributed by atoms with Crippen LogP contribution in [0, 0.1) is 0 Å². The van der Waals surface area contributed by atoms with Crippen molar-refractivity contribution in [1.29, 1.82) is 0 Å². The fourth-order valence-electron chi connectivity index (χ4n) is 3.48. The summed E-state index contributed by atoms with van der Waals surface area (Å²) in [6.45, 7) is 0.652. The van der Waals surface area contributed by atoms with E-state index in [9.17, 15) is 4.79 Å². The van der Waals surface area contributed by atoms with E-state index >= 15 is 0 Å². The van der Waals surface area contributed by atoms with Gasteiger partial charge < -0.3 is 14.8 Å². The molecular weight excluding hydrogens is 601 g/mol. The standard InChI is InChI=1S/C27H21BrCl3N3O3/c1-36-25-8-5-17(11-18(25)16-37-26-9-7-19(29)12-22(26)28)6-10-27(35)33-20-13-32-34(14-20)15-21-23(30)3-2-4-24(21)31/h2-14H,15-16H2,1H3,(H,33,35)/b10-6-. The number of nitrogens with one attached hydrogen (secondary N) is 1. The minimum Gasteiger partial charge on any atom is -0.496 e. The molecule has 1 aromatic heterocycles. The van der Waals surface area contributed by atoms with Crippen molar-refractivity contribution in [3.05, 3.63) is 109 Å². The number of ether oxygens (including phenoxy) is 2. The summed E-state index contributed by atoms with van der Waals surface area (Å²) < 4.78 is 13.8. The molecule has 0 bridgehead atoms. The lowest BCUT2D eigenvalue weighted by molar-refractivity contribution is -0.111. The smallest absolute Gasteiger partial charge is 0.248 e. The Labute approximate surface area is 237 Å². The van der Waals surface area contributed by atoms with Crippen LogP contribution in [0.5, 0.6) is 11.5 Å². The van der Waals surface area contributed by atoms with Gasteiger partial charge in [0.2, 0.25) is 5.91 Å². The summed E-state index contributed by atoms with van der Waals surface area (Å²) in [5.41, 5.74) is 2.95. The second-order valence-electron chi connectivity index (χ2n) is 7.88. The van der Waals surface area contributed by atoms with E-state index in [1.165, 1.54) is 6.08 Å². The zero-order valence-electron chi connectivity index (χ0n) is 19.6. The van der Waals surface area contributed by atoms with Gasteiger partial charge in [-0.15, -0.1) is 0 Å². The van der Waals surface area contributed by atoms with Crippen LogP contribution in [-0.4, -0.2) is 22.8 Å². The number of aromatic nitrogens is 2. The molecule has 0 aliphatic carbocycles. The van der Waals surface area contributed by atoms with Crippen LogP contribution in [0.3, 0.4) is 0 Å². The summed E-state index contributed by atoms with van der Waals surface area (Å²) >= 11 is 21.9. The number of carbonyl (C=O) groups is 1. The number of rotatable bonds is 9. The predicted octanol–water partition coefficient (Wildman–Crippen LogP) is 7.89. The van der Waals surface area contributed by atoms with Crippen molar-refractivity contribution in [3.8, 4) is 11.5 Å². The maximum Gasteiger partial charge on any atom is 0.248 e. The van der Waals surface area contributed by atoms with Crippen molar-refractivity contribution < 1.29 is 14.3 Å². The van der Waals surface area contributed by atoms with Crippen molar-refractivity contribution in [3.63, 3.8) is 0 Å². The highest BCUT2D eigenvalue weighted by atomic mass is 79.9. The Hall–Kier alpha value is -2.97. The molecule has 0 fully saturated rings. The fourth-order valence-corrected chi connectivity index (χ4v) is 4.79. The molecule has 0 atom stereocenters. The molecule has 10 heteroatoms. The maximum atomic E-state index is 12.5. The van der Waals surface area contributed by atoms with Crippen molar-refractivity contribution >= 4 is 68.4 Å². The first-order valence-corrected chi connectivity index (χ1v) is 12.9. The zero-order valence-corrected chi connectivity index (χ0v) is 23.4. The van der Waals surface area contributed by atoms with E-state index in [2.05, 4.69) is 26.3 Å². The molecule has 37 heavy (non-hydrogen) atoms. The third-order valence-corrected chi connectivity index (χ3v) is 6.85. The Morgan fingerprint density at radius 3 is 2.57 bits per heavy atom. The summed E-state index contributed by atoms with van der Waals surface area (Å²) in [6, 6.07) is 16.2. The molecule has 0 aliphatic heterocycles. The van der Waals surface area contributed by atoms with E-state index in [4.69, 9.17) is 44.3 Å². The highest BCUT2D eigenvalue weighted by Crippen LogP contribution is 2.30. The topological polar surface area (TPSA) is 65.4 Å². The lowest BCUT2D eigenvalue weighted by Crippen LogP contribution is -2.07. The third kappa shape index (κ3) is 7.29. The number of hydrogen-bond donors (Lipinski definition) is 1. The minimum absolute atomic E-state index is 0.270. The molecule has 1 heterocycles. The van der Waals surface area contributed by atoms with Crippen LogP contribution >= 0.6 is 50.7 Å². The Balaban J connectivity index is 1.39. The number of nitrogens with zero attached hydrogens (tertiary/aromatic N) is 2. The molecule has 0 unspecified atom stereocenters. The average molecular weight is 622 g/mol. The highest BCUT2D eigenvalue weighted by molar-refractivity contribution is 9.10. The van der Waals surface area contributed by atoms with Crippen molar-refractivity contribution in [1.82, 2.24) is 9.78 Å². The van der Waals surface area contributed by atoms with Crippen LogP contribution in [0.15, 0.2) is 77.5 Å². The van der Waals surface area contributed by atoms with Gasteiger partial charge in [-0.05, 0) is 70.0 Å². The van der Waals surface area contributed by atoms with Crippen LogP contribution < -0.4 is 14.8 Å². The molecule has 1 N–H and O–H groups in total. The average Bonchev–Trinajstić information content (AvgIpc) is 3.31. The van der Waals surface area contributed by atoms with Crippen LogP contribution in [0.1, 0.15) is 16.7 Å². The van der Waals surface area contributed by atoms with Crippen LogP contribution in [0.2, 0.25) is 15.1 Å². The molecule has 0 saturated carbocycles. The number of amides is 1. The Bertz CT molecular complexity index is 1440. The van der Waals surface area contributed by atoms with Gasteiger partial charge in [0.1, 0.15) is 18.1 Å². The highest BCUT2D eigenvalue weighted by Gasteiger charge is 2.10. The molecule has 190 valence electrons. The summed E-state index contributed by atoms with van der Waals surface area (Å²) in [6.07, 6.45) is 6.44. The molecule has 6 nitrogen and oxygen atoms in total. The molecule has 3 aromatic carbocycles. The maximum absolute atomic E-state index is 12.5. The molecule has 1 amide bonds. The van der Waals surface area contributed by atoms with Crippen molar-refractivity contribution in [2.24, 2.45) is 0 Å². The Kier molecular flexibility index (Phi) is 9.16. The van der Waals surface area contributed by atoms with Gasteiger partial charge in [-0.2, -0.15) is 5.10 Å². The van der Waals surface area contributed by atoms with E-state index in [1.54, 1.807) is 66.7 Å². The molecule has 0 spiro atoms. The van der Waals surface area contributed by atoms with E-state index in [0.29, 0.717) is 38.8 Å². The normalized spacial score (nSPS) is 11.1. The number of benzene rings is 3. The molecule has 4 rings (SSSR count). The first-order valence-electron chi connectivity index (χ1n) is 11.0. The molecule has 4 aromatic rings. The first kappa shape index (κ1) is 27.1. The second-order valence-corrected chi connectivity index (χ2v) is 9.99. The van der Waals surface area contributed by atoms with Gasteiger partial charge in [0.05, 0.1) is 30.0 Å². The van der Waals surface area contributed by atoms with Crippen LogP contribution in [-0.2, 0) is 17.9 Å². The Morgan fingerprint density at radius 2 is 1.84 bits per heavy atom. The third-order valence-electron chi connectivity index (χ3n) is 5.29. The molecular formula is C27H21BrCl3N3O3. The number of methoxy groups -OCH3 is 1. The van der Waals surface area contributed by atoms with E-state index in [-0.39, 0.29) is 12.5 Å². The van der Waals surface area contributed by atoms with Gasteiger partial charge in [-0.3, -0.25) is 9.48 Å². The van der Waals surface area contributed by atoms with Crippen LogP contribution in [0.25, 0.3) is 6.08 Å². The second kappa shape index (κ2) is 12.5. The van der Waals surface area contributed by atoms with Gasteiger partial charge in [-0.25, -0.2) is 0 Å². The number of carbonyl (C=O) groups excluding carboxylic acids is 1. The summed E-state index contributed by atoms with van der Waals surface area (Å²) in [4.78, 5) is 12.5. The minimum atomic E-state index is -0.297. The van der Waals surface area contributed by atoms with Gasteiger partial charge >= 0.3 is 0 Å². The SMILES string of the molecule is COc1ccc(/C=C\C(=O)Nc2cnn(Cc3c(Cl)cccc3Cl)c2)cc1COc1ccc(Cl)cc1Br. The lowest BCUT2D eigenvalue weighted by atomic mass is 10.1. The van der Waals surface area contributed by atoms with Gasteiger partial charge in [0, 0.05) is 38.5 Å². The summed E-state index contributed by atoms with van der Waals surface area (Å²) in [7, 11) is 1.60. The largest absolute Gasteiger partial charge is 0.496 e. The van der Waals surface area contributed by atoms with Crippen LogP contribution in [0.4, 0.5) is 5.69 Å². The zero-order chi connectivity index (χ0) is 26.4. The van der Waals surface area contributed by atoms with Crippen molar-refractivity contribution in [2.75, 3.05) is 12.4 Å². The van der Waals surface area contributed by atoms with Gasteiger partial charge in [0.25, 0.3) is 0 Å². The Morgan fingerprint density at radius 1 is 1.08 bits per heavy atom. The van der Waals surface area contributed by atoms with Crippen molar-refractivity contribution in [2.45, 2.75) is 13.2 Å². The van der Waals surface area contributed by atoms with Gasteiger partial charge in [0.15, 0.2) is 0 Å². The lowest BCUT2D eigenvalue weighted by Gasteiger charge is -2.12. The van der Waals surface area contributed by atoms with E-state index in [1.807, 2.05) is 18.2 Å². The summed E-state index contributed by atoms with van der Waals surface area (Å²) in [5, 5.41) is 8.80. The molecule has 0 radical (unpaired) electrons. The van der Waals surface area contributed by atoms with E-state index < -0.39 is 0 Å². The van der Waals surface area contributed by atoms with Gasteiger partial charge in [-0.1, -0.05) is 46.9 Å². The quantitative estimate of drug-likeness (QED) is 0.193. The molecule has 0 saturated heterocycles.